The third-order valence-electron chi connectivity index (χ3n) is 5.87. The first-order valence-electron chi connectivity index (χ1n) is 12.0. The monoisotopic (exact) mass is 543 g/mol. The van der Waals surface area contributed by atoms with Crippen molar-refractivity contribution in [3.63, 3.8) is 0 Å². The highest BCUT2D eigenvalue weighted by molar-refractivity contribution is 7.95. The number of hydrogen-bond donors (Lipinski definition) is 1. The van der Waals surface area contributed by atoms with Crippen LogP contribution in [0.25, 0.3) is 0 Å². The van der Waals surface area contributed by atoms with Gasteiger partial charge in [0.2, 0.25) is 10.4 Å². The van der Waals surface area contributed by atoms with Crippen molar-refractivity contribution in [1.82, 2.24) is 4.90 Å². The summed E-state index contributed by atoms with van der Waals surface area (Å²) in [6, 6.07) is 22.1. The number of benzene rings is 3. The fourth-order valence-electron chi connectivity index (χ4n) is 4.18. The molecule has 0 spiro atoms. The van der Waals surface area contributed by atoms with Gasteiger partial charge in [-0.1, -0.05) is 36.4 Å². The molecule has 9 heteroatoms. The first-order valence-corrected chi connectivity index (χ1v) is 14.9. The Morgan fingerprint density at radius 3 is 2.00 bits per heavy atom. The molecular formula is C28H33NO6S2. The van der Waals surface area contributed by atoms with Crippen LogP contribution in [0.1, 0.15) is 54.7 Å². The third kappa shape index (κ3) is 8.33. The maximum absolute atomic E-state index is 13.1. The van der Waals surface area contributed by atoms with Crippen molar-refractivity contribution >= 4 is 27.2 Å². The number of phenolic OH excluding ortho intramolecular Hbond substituents is 1. The van der Waals surface area contributed by atoms with Gasteiger partial charge in [-0.05, 0) is 69.7 Å². The van der Waals surface area contributed by atoms with Crippen molar-refractivity contribution < 1.29 is 27.1 Å². The van der Waals surface area contributed by atoms with Gasteiger partial charge >= 0.3 is 0 Å². The van der Waals surface area contributed by atoms with Gasteiger partial charge < -0.3 is 14.6 Å². The summed E-state index contributed by atoms with van der Waals surface area (Å²) in [6.07, 6.45) is 0. The summed E-state index contributed by atoms with van der Waals surface area (Å²) in [5, 5.41) is 9.78. The summed E-state index contributed by atoms with van der Waals surface area (Å²) in [7, 11) is -5.17. The van der Waals surface area contributed by atoms with E-state index in [4.69, 9.17) is 0 Å². The normalized spacial score (nSPS) is 12.6. The minimum Gasteiger partial charge on any atom is -0.726 e. The smallest absolute Gasteiger partial charge is 0.254 e. The lowest BCUT2D eigenvalue weighted by molar-refractivity contribution is 0.0643. The minimum absolute atomic E-state index is 0.00339. The second-order valence-electron chi connectivity index (χ2n) is 9.31. The van der Waals surface area contributed by atoms with Gasteiger partial charge in [0.15, 0.2) is 4.90 Å². The molecule has 0 aliphatic rings. The number of phenols is 1. The Hall–Kier alpha value is -2.85. The zero-order valence-electron chi connectivity index (χ0n) is 21.5. The van der Waals surface area contributed by atoms with Crippen LogP contribution < -0.4 is 0 Å². The Kier molecular flexibility index (Phi) is 9.78. The molecule has 0 aliphatic heterocycles. The molecule has 0 saturated carbocycles. The summed E-state index contributed by atoms with van der Waals surface area (Å²) in [6.45, 7) is 7.69. The molecule has 3 aromatic carbocycles. The summed E-state index contributed by atoms with van der Waals surface area (Å²) in [5.74, 6) is 1.42. The van der Waals surface area contributed by atoms with Gasteiger partial charge in [0.1, 0.15) is 17.3 Å². The van der Waals surface area contributed by atoms with Gasteiger partial charge in [0.25, 0.3) is 5.91 Å². The van der Waals surface area contributed by atoms with Gasteiger partial charge in [0.05, 0.1) is 6.61 Å². The zero-order valence-corrected chi connectivity index (χ0v) is 23.1. The third-order valence-corrected chi connectivity index (χ3v) is 8.55. The highest BCUT2D eigenvalue weighted by atomic mass is 32.3. The van der Waals surface area contributed by atoms with Crippen LogP contribution in [0.4, 0.5) is 0 Å². The molecule has 1 atom stereocenters. The summed E-state index contributed by atoms with van der Waals surface area (Å²) in [4.78, 5) is 15.9. The van der Waals surface area contributed by atoms with Crippen molar-refractivity contribution in [2.75, 3.05) is 0 Å². The van der Waals surface area contributed by atoms with E-state index in [-0.39, 0.29) is 41.2 Å². The average Bonchev–Trinajstić information content (AvgIpc) is 2.83. The van der Waals surface area contributed by atoms with E-state index >= 15 is 0 Å². The van der Waals surface area contributed by atoms with E-state index < -0.39 is 10.4 Å². The predicted octanol–water partition coefficient (Wildman–Crippen LogP) is 5.01. The second-order valence-corrected chi connectivity index (χ2v) is 12.4. The Bertz CT molecular complexity index is 1280. The molecule has 0 saturated heterocycles. The molecule has 3 aromatic rings. The van der Waals surface area contributed by atoms with Gasteiger partial charge in [-0.3, -0.25) is 8.98 Å². The first-order chi connectivity index (χ1) is 17.4. The standard InChI is InChI=1S/C28H33NO6S2/c1-20(2)29(21(3)4)28(31)23-11-9-22(10-12-23)18-36(27-15-13-26(30)14-16-27)19-25-8-6-5-7-24(25)17-35-37(32,33)34/h5-16,20-21H,17-19H2,1-4H3,(H-,30,32,33,34). The maximum atomic E-state index is 13.1. The van der Waals surface area contributed by atoms with E-state index in [1.54, 1.807) is 24.3 Å². The van der Waals surface area contributed by atoms with E-state index in [0.717, 1.165) is 16.0 Å². The molecular weight excluding hydrogens is 510 g/mol. The van der Waals surface area contributed by atoms with E-state index in [0.29, 0.717) is 22.6 Å². The Balaban J connectivity index is 1.87. The molecule has 0 heterocycles. The van der Waals surface area contributed by atoms with Crippen molar-refractivity contribution in [1.29, 1.82) is 0 Å². The number of aromatic hydroxyl groups is 1. The topological polar surface area (TPSA) is 107 Å². The molecule has 7 nitrogen and oxygen atoms in total. The molecule has 0 bridgehead atoms. The predicted molar refractivity (Wildman–Crippen MR) is 145 cm³/mol. The molecule has 198 valence electrons. The highest BCUT2D eigenvalue weighted by Gasteiger charge is 2.26. The maximum Gasteiger partial charge on any atom is 0.254 e. The molecule has 3 rings (SSSR count). The van der Waals surface area contributed by atoms with Crippen molar-refractivity contribution in [3.8, 4) is 5.75 Å². The van der Waals surface area contributed by atoms with E-state index in [1.807, 2.05) is 81.1 Å². The Morgan fingerprint density at radius 1 is 0.892 bits per heavy atom. The summed E-state index contributed by atoms with van der Waals surface area (Å²) >= 11 is 0. The number of carbonyl (C=O) groups is 1. The number of hydrogen-bond acceptors (Lipinski definition) is 6. The number of amides is 1. The molecule has 0 aliphatic carbocycles. The van der Waals surface area contributed by atoms with Gasteiger partial charge in [0, 0.05) is 39.7 Å². The van der Waals surface area contributed by atoms with Crippen LogP contribution in [-0.4, -0.2) is 41.0 Å². The largest absolute Gasteiger partial charge is 0.726 e. The van der Waals surface area contributed by atoms with Crippen LogP contribution in [0, 0.1) is 0 Å². The van der Waals surface area contributed by atoms with E-state index in [9.17, 15) is 22.9 Å². The average molecular weight is 544 g/mol. The summed E-state index contributed by atoms with van der Waals surface area (Å²) in [5.41, 5.74) is 3.18. The van der Waals surface area contributed by atoms with Crippen molar-refractivity contribution in [3.05, 3.63) is 95.1 Å². The lowest BCUT2D eigenvalue weighted by Gasteiger charge is -2.30. The zero-order chi connectivity index (χ0) is 27.2. The van der Waals surface area contributed by atoms with Crippen LogP contribution in [0.15, 0.2) is 77.7 Å². The Labute approximate surface area is 222 Å². The van der Waals surface area contributed by atoms with Crippen molar-refractivity contribution in [2.45, 2.75) is 62.8 Å². The molecule has 1 N–H and O–H groups in total. The Morgan fingerprint density at radius 2 is 1.46 bits per heavy atom. The molecule has 1 amide bonds. The molecule has 0 fully saturated rings. The number of nitrogens with zero attached hydrogens (tertiary/aromatic N) is 1. The number of rotatable bonds is 11. The van der Waals surface area contributed by atoms with Gasteiger partial charge in [-0.2, -0.15) is 0 Å². The quantitative estimate of drug-likeness (QED) is 0.207. The molecule has 37 heavy (non-hydrogen) atoms. The van der Waals surface area contributed by atoms with Crippen LogP contribution in [0.2, 0.25) is 0 Å². The van der Waals surface area contributed by atoms with Crippen molar-refractivity contribution in [2.24, 2.45) is 0 Å². The number of carbonyl (C=O) groups excluding carboxylic acids is 1. The minimum atomic E-state index is -4.81. The van der Waals surface area contributed by atoms with Crippen LogP contribution in [0.3, 0.4) is 0 Å². The second kappa shape index (κ2) is 12.6. The first kappa shape index (κ1) is 28.7. The molecule has 1 unspecified atom stereocenters. The van der Waals surface area contributed by atoms with Gasteiger partial charge in [-0.15, -0.1) is 0 Å². The van der Waals surface area contributed by atoms with Gasteiger partial charge in [-0.25, -0.2) is 8.42 Å². The molecule has 0 aromatic heterocycles. The lowest BCUT2D eigenvalue weighted by Crippen LogP contribution is -2.42. The highest BCUT2D eigenvalue weighted by Crippen LogP contribution is 2.27. The molecule has 0 radical (unpaired) electrons. The van der Waals surface area contributed by atoms with Crippen LogP contribution in [0.5, 0.6) is 5.75 Å². The fourth-order valence-corrected chi connectivity index (χ4v) is 6.66. The van der Waals surface area contributed by atoms with E-state index in [1.165, 1.54) is 0 Å². The van der Waals surface area contributed by atoms with E-state index in [2.05, 4.69) is 4.18 Å². The SMILES string of the molecule is CC(C)N(C(=O)c1ccc(C[S+](Cc2ccccc2COS(=O)(=O)[O-])c2ccc(O)cc2)cc1)C(C)C. The van der Waals surface area contributed by atoms with Crippen LogP contribution in [-0.2, 0) is 43.6 Å². The lowest BCUT2D eigenvalue weighted by atomic mass is 10.1. The fraction of sp³-hybridized carbons (Fsp3) is 0.321. The summed E-state index contributed by atoms with van der Waals surface area (Å²) < 4.78 is 37.5. The van der Waals surface area contributed by atoms with Crippen LogP contribution >= 0.6 is 0 Å².